The van der Waals surface area contributed by atoms with Crippen molar-refractivity contribution >= 4 is 21.6 Å². The highest BCUT2D eigenvalue weighted by Crippen LogP contribution is 2.23. The van der Waals surface area contributed by atoms with Crippen LogP contribution in [0.2, 0.25) is 0 Å². The van der Waals surface area contributed by atoms with Crippen molar-refractivity contribution in [2.24, 2.45) is 0 Å². The van der Waals surface area contributed by atoms with Crippen LogP contribution >= 0.6 is 11.3 Å². The summed E-state index contributed by atoms with van der Waals surface area (Å²) in [5, 5.41) is 2.67. The molecule has 68 valence electrons. The van der Waals surface area contributed by atoms with Crippen molar-refractivity contribution in [1.29, 1.82) is 0 Å². The molecule has 2 heterocycles. The van der Waals surface area contributed by atoms with E-state index in [2.05, 4.69) is 9.72 Å². The molecule has 2 nitrogen and oxygen atoms in total. The van der Waals surface area contributed by atoms with E-state index in [1.54, 1.807) is 6.07 Å². The van der Waals surface area contributed by atoms with Gasteiger partial charge in [-0.15, -0.1) is 11.3 Å². The molecule has 13 heavy (non-hydrogen) atoms. The molecule has 0 atom stereocenters. The van der Waals surface area contributed by atoms with Crippen LogP contribution in [0.25, 0.3) is 10.2 Å². The Balaban J connectivity index is 2.37. The van der Waals surface area contributed by atoms with Gasteiger partial charge < -0.3 is 4.74 Å². The number of nitrogens with zero attached hydrogens (tertiary/aromatic N) is 1. The number of fused-ring (bicyclic) bond motifs is 1. The van der Waals surface area contributed by atoms with Gasteiger partial charge in [-0.25, -0.2) is 4.98 Å². The summed E-state index contributed by atoms with van der Waals surface area (Å²) in [6.07, 6.45) is 1.30. The van der Waals surface area contributed by atoms with Gasteiger partial charge in [-0.3, -0.25) is 0 Å². The molecule has 0 radical (unpaired) electrons. The van der Waals surface area contributed by atoms with Crippen LogP contribution < -0.4 is 4.74 Å². The average molecular weight is 201 g/mol. The maximum absolute atomic E-state index is 11.8. The van der Waals surface area contributed by atoms with Gasteiger partial charge in [-0.05, 0) is 17.5 Å². The SMILES string of the molecule is FC(F)Oc1cnc2sccc2c1. The normalized spacial score (nSPS) is 11.0. The van der Waals surface area contributed by atoms with Gasteiger partial charge in [-0.1, -0.05) is 0 Å². The number of pyridine rings is 1. The number of ether oxygens (including phenoxy) is 1. The molecule has 0 saturated heterocycles. The van der Waals surface area contributed by atoms with Gasteiger partial charge >= 0.3 is 6.61 Å². The van der Waals surface area contributed by atoms with Crippen LogP contribution in [0, 0.1) is 0 Å². The lowest BCUT2D eigenvalue weighted by atomic mass is 10.3. The standard InChI is InChI=1S/C8H5F2NOS/c9-8(10)12-6-3-5-1-2-13-7(5)11-4-6/h1-4,8H. The van der Waals surface area contributed by atoms with Crippen molar-refractivity contribution in [2.45, 2.75) is 6.61 Å². The minimum Gasteiger partial charge on any atom is -0.433 e. The maximum atomic E-state index is 11.8. The van der Waals surface area contributed by atoms with Crippen LogP contribution in [0.4, 0.5) is 8.78 Å². The summed E-state index contributed by atoms with van der Waals surface area (Å²) in [5.74, 6) is 0.0981. The smallest absolute Gasteiger partial charge is 0.387 e. The molecule has 0 aromatic carbocycles. The highest BCUT2D eigenvalue weighted by atomic mass is 32.1. The quantitative estimate of drug-likeness (QED) is 0.745. The maximum Gasteiger partial charge on any atom is 0.387 e. The van der Waals surface area contributed by atoms with Gasteiger partial charge in [0, 0.05) is 5.39 Å². The topological polar surface area (TPSA) is 22.1 Å². The van der Waals surface area contributed by atoms with Crippen molar-refractivity contribution in [1.82, 2.24) is 4.98 Å². The summed E-state index contributed by atoms with van der Waals surface area (Å²) in [6, 6.07) is 3.36. The van der Waals surface area contributed by atoms with Crippen LogP contribution in [-0.2, 0) is 0 Å². The number of hydrogen-bond acceptors (Lipinski definition) is 3. The van der Waals surface area contributed by atoms with Crippen LogP contribution in [0.15, 0.2) is 23.7 Å². The van der Waals surface area contributed by atoms with Crippen molar-refractivity contribution in [2.75, 3.05) is 0 Å². The zero-order valence-corrected chi connectivity index (χ0v) is 7.22. The molecule has 0 bridgehead atoms. The number of hydrogen-bond donors (Lipinski definition) is 0. The fourth-order valence-corrected chi connectivity index (χ4v) is 1.73. The predicted molar refractivity (Wildman–Crippen MR) is 46.3 cm³/mol. The summed E-state index contributed by atoms with van der Waals surface area (Å²) in [7, 11) is 0. The van der Waals surface area contributed by atoms with Gasteiger partial charge in [0.15, 0.2) is 0 Å². The molecule has 0 amide bonds. The Kier molecular flexibility index (Phi) is 2.10. The number of alkyl halides is 2. The second kappa shape index (κ2) is 3.26. The molecule has 0 aliphatic rings. The molecule has 2 aromatic heterocycles. The lowest BCUT2D eigenvalue weighted by Gasteiger charge is -2.02. The van der Waals surface area contributed by atoms with Gasteiger partial charge in [0.1, 0.15) is 10.6 Å². The van der Waals surface area contributed by atoms with Gasteiger partial charge in [0.2, 0.25) is 0 Å². The number of rotatable bonds is 2. The highest BCUT2D eigenvalue weighted by Gasteiger charge is 2.05. The molecule has 5 heteroatoms. The van der Waals surface area contributed by atoms with E-state index in [0.717, 1.165) is 10.2 Å². The van der Waals surface area contributed by atoms with Crippen LogP contribution in [0.1, 0.15) is 0 Å². The van der Waals surface area contributed by atoms with E-state index in [1.807, 2.05) is 11.4 Å². The lowest BCUT2D eigenvalue weighted by molar-refractivity contribution is -0.0499. The minimum atomic E-state index is -2.79. The number of thiophene rings is 1. The van der Waals surface area contributed by atoms with Crippen molar-refractivity contribution in [3.63, 3.8) is 0 Å². The molecule has 0 unspecified atom stereocenters. The van der Waals surface area contributed by atoms with Crippen LogP contribution in [-0.4, -0.2) is 11.6 Å². The summed E-state index contributed by atoms with van der Waals surface area (Å²) < 4.78 is 27.8. The Morgan fingerprint density at radius 3 is 3.08 bits per heavy atom. The molecule has 2 rings (SSSR count). The summed E-state index contributed by atoms with van der Waals surface area (Å²) in [5.41, 5.74) is 0. The number of aromatic nitrogens is 1. The van der Waals surface area contributed by atoms with Gasteiger partial charge in [-0.2, -0.15) is 8.78 Å². The molecular weight excluding hydrogens is 196 g/mol. The Morgan fingerprint density at radius 2 is 2.31 bits per heavy atom. The van der Waals surface area contributed by atoms with E-state index in [-0.39, 0.29) is 5.75 Å². The highest BCUT2D eigenvalue weighted by molar-refractivity contribution is 7.16. The first-order valence-electron chi connectivity index (χ1n) is 3.54. The molecule has 0 saturated carbocycles. The minimum absolute atomic E-state index is 0.0981. The fourth-order valence-electron chi connectivity index (χ4n) is 1.01. The monoisotopic (exact) mass is 201 g/mol. The first-order chi connectivity index (χ1) is 6.25. The van der Waals surface area contributed by atoms with E-state index in [0.29, 0.717) is 0 Å². The van der Waals surface area contributed by atoms with Crippen molar-refractivity contribution < 1.29 is 13.5 Å². The molecule has 2 aromatic rings. The summed E-state index contributed by atoms with van der Waals surface area (Å²) >= 11 is 1.46. The van der Waals surface area contributed by atoms with Crippen LogP contribution in [0.3, 0.4) is 0 Å². The zero-order chi connectivity index (χ0) is 9.26. The first-order valence-corrected chi connectivity index (χ1v) is 4.42. The predicted octanol–water partition coefficient (Wildman–Crippen LogP) is 2.90. The van der Waals surface area contributed by atoms with E-state index >= 15 is 0 Å². The molecule has 0 fully saturated rings. The summed E-state index contributed by atoms with van der Waals surface area (Å²) in [6.45, 7) is -2.79. The second-order valence-corrected chi connectivity index (χ2v) is 3.26. The molecule has 0 aliphatic carbocycles. The third kappa shape index (κ3) is 1.75. The van der Waals surface area contributed by atoms with E-state index in [4.69, 9.17) is 0 Å². The Hall–Kier alpha value is -1.23. The van der Waals surface area contributed by atoms with E-state index in [1.165, 1.54) is 17.5 Å². The van der Waals surface area contributed by atoms with E-state index in [9.17, 15) is 8.78 Å². The Bertz CT molecular complexity index is 415. The first kappa shape index (κ1) is 8.37. The van der Waals surface area contributed by atoms with Crippen LogP contribution in [0.5, 0.6) is 5.75 Å². The van der Waals surface area contributed by atoms with Crippen molar-refractivity contribution in [3.8, 4) is 5.75 Å². The second-order valence-electron chi connectivity index (χ2n) is 2.36. The molecular formula is C8H5F2NOS. The summed E-state index contributed by atoms with van der Waals surface area (Å²) in [4.78, 5) is 4.78. The molecule has 0 N–H and O–H groups in total. The van der Waals surface area contributed by atoms with E-state index < -0.39 is 6.61 Å². The number of halogens is 2. The lowest BCUT2D eigenvalue weighted by Crippen LogP contribution is -2.01. The molecule has 0 spiro atoms. The van der Waals surface area contributed by atoms with Gasteiger partial charge in [0.25, 0.3) is 0 Å². The van der Waals surface area contributed by atoms with Crippen molar-refractivity contribution in [3.05, 3.63) is 23.7 Å². The zero-order valence-electron chi connectivity index (χ0n) is 6.41. The Morgan fingerprint density at radius 1 is 1.46 bits per heavy atom. The van der Waals surface area contributed by atoms with Gasteiger partial charge in [0.05, 0.1) is 6.20 Å². The Labute approximate surface area is 76.8 Å². The fraction of sp³-hybridized carbons (Fsp3) is 0.125. The average Bonchev–Trinajstić information content (AvgIpc) is 2.49. The largest absolute Gasteiger partial charge is 0.433 e. The third-order valence-electron chi connectivity index (χ3n) is 1.51. The molecule has 0 aliphatic heterocycles. The third-order valence-corrected chi connectivity index (χ3v) is 2.34.